The van der Waals surface area contributed by atoms with Gasteiger partial charge in [-0.3, -0.25) is 9.59 Å². The number of carbonyl (C=O) groups is 2. The van der Waals surface area contributed by atoms with Gasteiger partial charge in [0.05, 0.1) is 37.4 Å². The Kier molecular flexibility index (Phi) is 13.9. The molecule has 1 fully saturated rings. The van der Waals surface area contributed by atoms with Crippen LogP contribution in [0.3, 0.4) is 0 Å². The highest BCUT2D eigenvalue weighted by atomic mass is 16.5. The van der Waals surface area contributed by atoms with Gasteiger partial charge in [-0.05, 0) is 43.7 Å². The maximum absolute atomic E-state index is 14.2. The highest BCUT2D eigenvalue weighted by Crippen LogP contribution is 2.30. The number of likely N-dealkylation sites (N-methyl/N-ethyl adjacent to an activating group) is 2. The molecule has 8 nitrogen and oxygen atoms in total. The molecule has 0 spiro atoms. The fraction of sp³-hybridized carbons (Fsp3) is 0.714. The van der Waals surface area contributed by atoms with Crippen molar-refractivity contribution in [2.75, 3.05) is 48.1 Å². The van der Waals surface area contributed by atoms with Crippen molar-refractivity contribution in [2.24, 2.45) is 11.3 Å². The maximum Gasteiger partial charge on any atom is 0.249 e. The number of hydrogen-bond acceptors (Lipinski definition) is 6. The van der Waals surface area contributed by atoms with Gasteiger partial charge in [-0.15, -0.1) is 0 Å². The van der Waals surface area contributed by atoms with E-state index < -0.39 is 6.04 Å². The Bertz CT molecular complexity index is 1040. The minimum absolute atomic E-state index is 0.0152. The Morgan fingerprint density at radius 2 is 1.56 bits per heavy atom. The quantitative estimate of drug-likeness (QED) is 0.286. The first kappa shape index (κ1) is 36.9. The van der Waals surface area contributed by atoms with Crippen molar-refractivity contribution in [3.63, 3.8) is 0 Å². The molecule has 1 aliphatic heterocycles. The van der Waals surface area contributed by atoms with Gasteiger partial charge in [0.25, 0.3) is 0 Å². The third-order valence-corrected chi connectivity index (χ3v) is 9.18. The van der Waals surface area contributed by atoms with E-state index in [-0.39, 0.29) is 52.7 Å². The van der Waals surface area contributed by atoms with Crippen molar-refractivity contribution in [2.45, 2.75) is 104 Å². The lowest BCUT2D eigenvalue weighted by atomic mass is 9.77. The van der Waals surface area contributed by atoms with Crippen molar-refractivity contribution >= 4 is 11.8 Å². The van der Waals surface area contributed by atoms with Gasteiger partial charge in [-0.2, -0.15) is 0 Å². The van der Waals surface area contributed by atoms with E-state index >= 15 is 0 Å². The molecule has 1 saturated heterocycles. The molecule has 1 heterocycles. The van der Waals surface area contributed by atoms with Crippen LogP contribution in [0, 0.1) is 11.3 Å². The fourth-order valence-electron chi connectivity index (χ4n) is 6.42. The number of benzene rings is 1. The molecule has 1 aromatic rings. The van der Waals surface area contributed by atoms with Gasteiger partial charge in [0.2, 0.25) is 11.8 Å². The van der Waals surface area contributed by atoms with Crippen LogP contribution >= 0.6 is 0 Å². The second-order valence-corrected chi connectivity index (χ2v) is 14.2. The molecule has 244 valence electrons. The molecule has 2 amide bonds. The summed E-state index contributed by atoms with van der Waals surface area (Å²) >= 11 is 0. The predicted molar refractivity (Wildman–Crippen MR) is 176 cm³/mol. The third-order valence-electron chi connectivity index (χ3n) is 9.18. The minimum atomic E-state index is -0.415. The monoisotopic (exact) mass is 600 g/mol. The molecule has 8 heteroatoms. The Morgan fingerprint density at radius 1 is 1.02 bits per heavy atom. The van der Waals surface area contributed by atoms with E-state index in [9.17, 15) is 9.59 Å². The number of hydrogen-bond donors (Lipinski definition) is 2. The van der Waals surface area contributed by atoms with Crippen molar-refractivity contribution in [1.29, 1.82) is 0 Å². The van der Waals surface area contributed by atoms with E-state index in [1.165, 1.54) is 5.56 Å². The average Bonchev–Trinajstić information content (AvgIpc) is 3.34. The van der Waals surface area contributed by atoms with E-state index in [1.54, 1.807) is 14.2 Å². The number of likely N-dealkylation sites (tertiary alicyclic amines) is 1. The zero-order valence-corrected chi connectivity index (χ0v) is 29.0. The van der Waals surface area contributed by atoms with Crippen molar-refractivity contribution < 1.29 is 19.1 Å². The first-order valence-electron chi connectivity index (χ1n) is 15.8. The molecule has 2 rings (SSSR count). The Morgan fingerprint density at radius 3 is 2.00 bits per heavy atom. The summed E-state index contributed by atoms with van der Waals surface area (Å²) in [4.78, 5) is 31.8. The van der Waals surface area contributed by atoms with Crippen LogP contribution in [0.5, 0.6) is 0 Å². The zero-order chi connectivity index (χ0) is 32.5. The summed E-state index contributed by atoms with van der Waals surface area (Å²) in [7, 11) is 7.19. The number of methoxy groups -OCH3 is 2. The van der Waals surface area contributed by atoms with Crippen molar-refractivity contribution in [3.05, 3.63) is 47.5 Å². The SMILES string of the molecule is CN[C@H](CN[C@H](C(=O)N(C)[C@H](C=C(C)C(=O)N1[C@H](COC)CC[C@H]1COC)C(C)C)C(C)(C)C)C(C)(C)c1ccccc1. The number of amides is 2. The predicted octanol–water partition coefficient (Wildman–Crippen LogP) is 4.64. The summed E-state index contributed by atoms with van der Waals surface area (Å²) < 4.78 is 10.9. The summed E-state index contributed by atoms with van der Waals surface area (Å²) in [5.74, 6) is 0.117. The summed E-state index contributed by atoms with van der Waals surface area (Å²) in [6.07, 6.45) is 3.76. The number of nitrogens with one attached hydrogen (secondary N) is 2. The van der Waals surface area contributed by atoms with Gasteiger partial charge in [-0.1, -0.05) is 84.9 Å². The molecule has 1 aromatic carbocycles. The largest absolute Gasteiger partial charge is 0.383 e. The molecule has 0 saturated carbocycles. The van der Waals surface area contributed by atoms with Crippen molar-refractivity contribution in [1.82, 2.24) is 20.4 Å². The lowest BCUT2D eigenvalue weighted by Gasteiger charge is -2.40. The molecule has 0 radical (unpaired) electrons. The normalized spacial score (nSPS) is 20.3. The van der Waals surface area contributed by atoms with Gasteiger partial charge in [0, 0.05) is 44.8 Å². The first-order valence-corrected chi connectivity index (χ1v) is 15.8. The van der Waals surface area contributed by atoms with Gasteiger partial charge >= 0.3 is 0 Å². The van der Waals surface area contributed by atoms with Crippen LogP contribution in [0.15, 0.2) is 42.0 Å². The Hall–Kier alpha value is -2.26. The van der Waals surface area contributed by atoms with E-state index in [4.69, 9.17) is 9.47 Å². The molecule has 43 heavy (non-hydrogen) atoms. The summed E-state index contributed by atoms with van der Waals surface area (Å²) in [6, 6.07) is 9.97. The van der Waals surface area contributed by atoms with Crippen LogP contribution < -0.4 is 10.6 Å². The van der Waals surface area contributed by atoms with E-state index in [0.717, 1.165) is 12.8 Å². The molecule has 0 bridgehead atoms. The van der Waals surface area contributed by atoms with Gasteiger partial charge in [0.1, 0.15) is 0 Å². The Balaban J connectivity index is 2.30. The third kappa shape index (κ3) is 9.37. The van der Waals surface area contributed by atoms with Crippen LogP contribution in [0.1, 0.15) is 73.8 Å². The van der Waals surface area contributed by atoms with Crippen LogP contribution in [-0.2, 0) is 24.5 Å². The minimum Gasteiger partial charge on any atom is -0.383 e. The highest BCUT2D eigenvalue weighted by molar-refractivity contribution is 5.94. The van der Waals surface area contributed by atoms with Crippen LogP contribution in [-0.4, -0.2) is 99.9 Å². The second-order valence-electron chi connectivity index (χ2n) is 14.2. The fourth-order valence-corrected chi connectivity index (χ4v) is 6.42. The average molecular weight is 601 g/mol. The van der Waals surface area contributed by atoms with Gasteiger partial charge in [-0.25, -0.2) is 0 Å². The van der Waals surface area contributed by atoms with E-state index in [0.29, 0.717) is 25.3 Å². The zero-order valence-electron chi connectivity index (χ0n) is 29.0. The maximum atomic E-state index is 14.2. The lowest BCUT2D eigenvalue weighted by Crippen LogP contribution is -2.59. The molecule has 0 unspecified atom stereocenters. The van der Waals surface area contributed by atoms with E-state index in [2.05, 4.69) is 83.4 Å². The van der Waals surface area contributed by atoms with Gasteiger partial charge in [0.15, 0.2) is 0 Å². The standard InChI is InChI=1S/C35H60N4O4/c1-24(2)29(20-25(3)32(40)39-27(22-42-11)18-19-28(39)23-43-12)38(10)33(41)31(34(4,5)6)37-21-30(36-9)35(7,8)26-16-14-13-15-17-26/h13-17,20,24,27-31,36-37H,18-19,21-23H2,1-12H3/t27-,28-,29+,30+,31+/m0/s1. The Labute approximate surface area is 261 Å². The number of ether oxygens (including phenoxy) is 2. The number of carbonyl (C=O) groups excluding carboxylic acids is 2. The molecular weight excluding hydrogens is 540 g/mol. The molecule has 5 atom stereocenters. The molecular formula is C35H60N4O4. The second kappa shape index (κ2) is 16.2. The van der Waals surface area contributed by atoms with Crippen LogP contribution in [0.25, 0.3) is 0 Å². The first-order chi connectivity index (χ1) is 20.1. The lowest BCUT2D eigenvalue weighted by molar-refractivity contribution is -0.137. The number of rotatable bonds is 15. The van der Waals surface area contributed by atoms with Crippen molar-refractivity contribution in [3.8, 4) is 0 Å². The topological polar surface area (TPSA) is 83.1 Å². The summed E-state index contributed by atoms with van der Waals surface area (Å²) in [5.41, 5.74) is 1.41. The van der Waals surface area contributed by atoms with Crippen LogP contribution in [0.2, 0.25) is 0 Å². The summed E-state index contributed by atoms with van der Waals surface area (Å²) in [5, 5.41) is 7.13. The van der Waals surface area contributed by atoms with Gasteiger partial charge < -0.3 is 29.9 Å². The van der Waals surface area contributed by atoms with E-state index in [1.807, 2.05) is 43.0 Å². The summed E-state index contributed by atoms with van der Waals surface area (Å²) in [6.45, 7) is 18.4. The smallest absolute Gasteiger partial charge is 0.249 e. The molecule has 0 aromatic heterocycles. The van der Waals surface area contributed by atoms with Crippen LogP contribution in [0.4, 0.5) is 0 Å². The molecule has 1 aliphatic rings. The number of nitrogens with zero attached hydrogens (tertiary/aromatic N) is 2. The molecule has 2 N–H and O–H groups in total. The molecule has 0 aliphatic carbocycles. The highest BCUT2D eigenvalue weighted by Gasteiger charge is 2.40.